The topological polar surface area (TPSA) is 63.6 Å². The molecular weight excluding hydrogens is 196 g/mol. The monoisotopic (exact) mass is 212 g/mol. The van der Waals surface area contributed by atoms with E-state index in [2.05, 4.69) is 0 Å². The Labute approximate surface area is 88.6 Å². The van der Waals surface area contributed by atoms with Crippen LogP contribution >= 0.6 is 0 Å². The van der Waals surface area contributed by atoms with Gasteiger partial charge in [-0.1, -0.05) is 0 Å². The highest BCUT2D eigenvalue weighted by atomic mass is 16.5. The number of carboxylic acids is 1. The van der Waals surface area contributed by atoms with Gasteiger partial charge in [0.05, 0.1) is 12.8 Å². The molecule has 0 spiro atoms. The number of fused-ring (bicyclic) bond motifs is 2. The standard InChI is InChI=1S/C11H16O4/c12-10(13)3-4-11(14)15-9-6-7-1-2-8(9)5-7/h7-9H,1-6H2,(H,12,13)/t7-,8+,9-/m1/s1. The van der Waals surface area contributed by atoms with Gasteiger partial charge in [0.25, 0.3) is 0 Å². The van der Waals surface area contributed by atoms with Crippen LogP contribution in [0.1, 0.15) is 38.5 Å². The smallest absolute Gasteiger partial charge is 0.306 e. The molecule has 2 saturated carbocycles. The average Bonchev–Trinajstić information content (AvgIpc) is 2.76. The van der Waals surface area contributed by atoms with Crippen molar-refractivity contribution in [1.82, 2.24) is 0 Å². The van der Waals surface area contributed by atoms with Crippen LogP contribution in [0.15, 0.2) is 0 Å². The summed E-state index contributed by atoms with van der Waals surface area (Å²) in [5.41, 5.74) is 0. The maximum Gasteiger partial charge on any atom is 0.306 e. The van der Waals surface area contributed by atoms with Gasteiger partial charge < -0.3 is 9.84 Å². The molecule has 2 bridgehead atoms. The normalized spacial score (nSPS) is 32.9. The summed E-state index contributed by atoms with van der Waals surface area (Å²) in [7, 11) is 0. The maximum atomic E-state index is 11.3. The van der Waals surface area contributed by atoms with Gasteiger partial charge in [0.2, 0.25) is 0 Å². The Bertz CT molecular complexity index is 274. The zero-order valence-electron chi connectivity index (χ0n) is 8.65. The minimum absolute atomic E-state index is 0.00319. The minimum atomic E-state index is -0.945. The summed E-state index contributed by atoms with van der Waals surface area (Å²) in [5, 5.41) is 8.42. The highest BCUT2D eigenvalue weighted by molar-refractivity contribution is 5.76. The molecule has 2 rings (SSSR count). The number of carbonyl (C=O) groups is 2. The lowest BCUT2D eigenvalue weighted by Gasteiger charge is -2.21. The van der Waals surface area contributed by atoms with E-state index in [9.17, 15) is 9.59 Å². The summed E-state index contributed by atoms with van der Waals surface area (Å²) >= 11 is 0. The largest absolute Gasteiger partial charge is 0.481 e. The first-order valence-electron chi connectivity index (χ1n) is 5.56. The Morgan fingerprint density at radius 2 is 2.00 bits per heavy atom. The van der Waals surface area contributed by atoms with Crippen LogP contribution in [0.3, 0.4) is 0 Å². The molecule has 0 aromatic rings. The molecule has 0 aromatic heterocycles. The van der Waals surface area contributed by atoms with Gasteiger partial charge in [-0.25, -0.2) is 0 Å². The number of carbonyl (C=O) groups excluding carboxylic acids is 1. The van der Waals surface area contributed by atoms with Crippen LogP contribution < -0.4 is 0 Å². The predicted octanol–water partition coefficient (Wildman–Crippen LogP) is 1.58. The highest BCUT2D eigenvalue weighted by Gasteiger charge is 2.41. The zero-order valence-corrected chi connectivity index (χ0v) is 8.65. The molecule has 1 N–H and O–H groups in total. The highest BCUT2D eigenvalue weighted by Crippen LogP contribution is 2.45. The summed E-state index contributed by atoms with van der Waals surface area (Å²) in [6.07, 6.45) is 4.57. The van der Waals surface area contributed by atoms with Crippen molar-refractivity contribution < 1.29 is 19.4 Å². The van der Waals surface area contributed by atoms with Gasteiger partial charge in [-0.15, -0.1) is 0 Å². The Balaban J connectivity index is 1.73. The molecule has 0 radical (unpaired) electrons. The fraction of sp³-hybridized carbons (Fsp3) is 0.818. The molecular formula is C11H16O4. The average molecular weight is 212 g/mol. The third kappa shape index (κ3) is 2.49. The molecule has 0 aliphatic heterocycles. The minimum Gasteiger partial charge on any atom is -0.481 e. The van der Waals surface area contributed by atoms with Gasteiger partial charge >= 0.3 is 11.9 Å². The first-order chi connectivity index (χ1) is 7.15. The molecule has 0 aromatic carbocycles. The molecule has 0 heterocycles. The predicted molar refractivity (Wildman–Crippen MR) is 52.2 cm³/mol. The van der Waals surface area contributed by atoms with Gasteiger partial charge in [0, 0.05) is 0 Å². The van der Waals surface area contributed by atoms with Crippen molar-refractivity contribution in [1.29, 1.82) is 0 Å². The van der Waals surface area contributed by atoms with E-state index in [1.54, 1.807) is 0 Å². The van der Waals surface area contributed by atoms with Gasteiger partial charge in [-0.3, -0.25) is 9.59 Å². The maximum absolute atomic E-state index is 11.3. The molecule has 0 unspecified atom stereocenters. The lowest BCUT2D eigenvalue weighted by Crippen LogP contribution is -2.24. The van der Waals surface area contributed by atoms with Crippen molar-refractivity contribution in [3.8, 4) is 0 Å². The van der Waals surface area contributed by atoms with Gasteiger partial charge in [-0.05, 0) is 37.5 Å². The third-order valence-electron chi connectivity index (χ3n) is 3.50. The fourth-order valence-corrected chi connectivity index (χ4v) is 2.77. The quantitative estimate of drug-likeness (QED) is 0.718. The molecule has 4 heteroatoms. The number of ether oxygens (including phenoxy) is 1. The van der Waals surface area contributed by atoms with Crippen molar-refractivity contribution in [3.63, 3.8) is 0 Å². The van der Waals surface area contributed by atoms with E-state index in [0.29, 0.717) is 5.92 Å². The number of esters is 1. The molecule has 2 fully saturated rings. The van der Waals surface area contributed by atoms with E-state index in [1.807, 2.05) is 0 Å². The molecule has 2 aliphatic rings. The molecule has 0 saturated heterocycles. The molecule has 4 nitrogen and oxygen atoms in total. The van der Waals surface area contributed by atoms with E-state index in [-0.39, 0.29) is 24.9 Å². The van der Waals surface area contributed by atoms with Crippen LogP contribution in [0.5, 0.6) is 0 Å². The van der Waals surface area contributed by atoms with Crippen LogP contribution in [0, 0.1) is 11.8 Å². The number of aliphatic carboxylic acids is 1. The van der Waals surface area contributed by atoms with Crippen LogP contribution in [-0.2, 0) is 14.3 Å². The summed E-state index contributed by atoms with van der Waals surface area (Å²) < 4.78 is 5.29. The molecule has 2 aliphatic carbocycles. The molecule has 0 amide bonds. The van der Waals surface area contributed by atoms with Crippen LogP contribution in [0.4, 0.5) is 0 Å². The summed E-state index contributed by atoms with van der Waals surface area (Å²) in [6, 6.07) is 0. The number of rotatable bonds is 4. The second kappa shape index (κ2) is 4.21. The summed E-state index contributed by atoms with van der Waals surface area (Å²) in [5.74, 6) is -0.00843. The summed E-state index contributed by atoms with van der Waals surface area (Å²) in [6.45, 7) is 0. The lowest BCUT2D eigenvalue weighted by molar-refractivity contribution is -0.154. The van der Waals surface area contributed by atoms with E-state index in [4.69, 9.17) is 9.84 Å². The van der Waals surface area contributed by atoms with Crippen LogP contribution in [0.2, 0.25) is 0 Å². The van der Waals surface area contributed by atoms with Crippen molar-refractivity contribution in [2.24, 2.45) is 11.8 Å². The number of hydrogen-bond acceptors (Lipinski definition) is 3. The zero-order chi connectivity index (χ0) is 10.8. The number of carboxylic acid groups (broad SMARTS) is 1. The number of hydrogen-bond donors (Lipinski definition) is 1. The van der Waals surface area contributed by atoms with Gasteiger partial charge in [0.1, 0.15) is 6.10 Å². The Morgan fingerprint density at radius 3 is 2.53 bits per heavy atom. The first kappa shape index (κ1) is 10.5. The van der Waals surface area contributed by atoms with Crippen LogP contribution in [0.25, 0.3) is 0 Å². The Hall–Kier alpha value is -1.06. The van der Waals surface area contributed by atoms with Gasteiger partial charge in [0.15, 0.2) is 0 Å². The fourth-order valence-electron chi connectivity index (χ4n) is 2.77. The van der Waals surface area contributed by atoms with Crippen molar-refractivity contribution in [2.45, 2.75) is 44.6 Å². The molecule has 3 atom stereocenters. The SMILES string of the molecule is O=C(O)CCC(=O)O[C@@H]1C[C@@H]2CC[C@H]1C2. The lowest BCUT2D eigenvalue weighted by atomic mass is 9.98. The second-order valence-corrected chi connectivity index (χ2v) is 4.60. The third-order valence-corrected chi connectivity index (χ3v) is 3.50. The van der Waals surface area contributed by atoms with E-state index in [0.717, 1.165) is 12.3 Å². The van der Waals surface area contributed by atoms with Crippen molar-refractivity contribution in [3.05, 3.63) is 0 Å². The Morgan fingerprint density at radius 1 is 1.20 bits per heavy atom. The van der Waals surface area contributed by atoms with E-state index < -0.39 is 5.97 Å². The van der Waals surface area contributed by atoms with E-state index in [1.165, 1.54) is 19.3 Å². The van der Waals surface area contributed by atoms with E-state index >= 15 is 0 Å². The van der Waals surface area contributed by atoms with Crippen molar-refractivity contribution >= 4 is 11.9 Å². The Kier molecular flexibility index (Phi) is 2.93. The van der Waals surface area contributed by atoms with Crippen LogP contribution in [-0.4, -0.2) is 23.1 Å². The molecule has 84 valence electrons. The summed E-state index contributed by atoms with van der Waals surface area (Å²) in [4.78, 5) is 21.6. The molecule has 15 heavy (non-hydrogen) atoms. The first-order valence-corrected chi connectivity index (χ1v) is 5.56. The van der Waals surface area contributed by atoms with Crippen molar-refractivity contribution in [2.75, 3.05) is 0 Å². The second-order valence-electron chi connectivity index (χ2n) is 4.60. The van der Waals surface area contributed by atoms with Gasteiger partial charge in [-0.2, -0.15) is 0 Å².